The normalized spacial score (nSPS) is 18.4. The lowest BCUT2D eigenvalue weighted by Crippen LogP contribution is -2.27. The molecule has 1 fully saturated rings. The number of hydrogen-bond donors (Lipinski definition) is 1. The third-order valence-electron chi connectivity index (χ3n) is 3.96. The molecule has 1 N–H and O–H groups in total. The van der Waals surface area contributed by atoms with Crippen LogP contribution in [-0.4, -0.2) is 25.1 Å². The molecule has 0 aromatic carbocycles. The SMILES string of the molecule is CC(Nc1ccc(N(C)C)nc1)C1CCCCC1. The third-order valence-corrected chi connectivity index (χ3v) is 3.96. The molecule has 1 aliphatic rings. The van der Waals surface area contributed by atoms with Gasteiger partial charge in [0.05, 0.1) is 11.9 Å². The Kier molecular flexibility index (Phi) is 4.45. The Balaban J connectivity index is 1.91. The van der Waals surface area contributed by atoms with Gasteiger partial charge in [0.25, 0.3) is 0 Å². The van der Waals surface area contributed by atoms with Crippen molar-refractivity contribution in [3.63, 3.8) is 0 Å². The van der Waals surface area contributed by atoms with Crippen molar-refractivity contribution in [3.8, 4) is 0 Å². The van der Waals surface area contributed by atoms with Crippen molar-refractivity contribution in [2.75, 3.05) is 24.3 Å². The number of nitrogens with one attached hydrogen (secondary N) is 1. The zero-order chi connectivity index (χ0) is 13.0. The average Bonchev–Trinajstić information content (AvgIpc) is 2.40. The number of nitrogens with zero attached hydrogens (tertiary/aromatic N) is 2. The smallest absolute Gasteiger partial charge is 0.128 e. The number of rotatable bonds is 4. The second-order valence-electron chi connectivity index (χ2n) is 5.63. The largest absolute Gasteiger partial charge is 0.381 e. The molecule has 0 saturated heterocycles. The first-order valence-electron chi connectivity index (χ1n) is 7.07. The van der Waals surface area contributed by atoms with Crippen LogP contribution in [0.1, 0.15) is 39.0 Å². The van der Waals surface area contributed by atoms with Crippen molar-refractivity contribution in [2.45, 2.75) is 45.1 Å². The number of aromatic nitrogens is 1. The Bertz CT molecular complexity index is 353. The molecule has 0 radical (unpaired) electrons. The first kappa shape index (κ1) is 13.2. The van der Waals surface area contributed by atoms with Crippen molar-refractivity contribution in [2.24, 2.45) is 5.92 Å². The fourth-order valence-corrected chi connectivity index (χ4v) is 2.75. The summed E-state index contributed by atoms with van der Waals surface area (Å²) in [6, 6.07) is 4.75. The van der Waals surface area contributed by atoms with Gasteiger partial charge < -0.3 is 10.2 Å². The minimum absolute atomic E-state index is 0.553. The highest BCUT2D eigenvalue weighted by Gasteiger charge is 2.19. The van der Waals surface area contributed by atoms with Crippen LogP contribution in [0.4, 0.5) is 11.5 Å². The number of hydrogen-bond acceptors (Lipinski definition) is 3. The molecule has 100 valence electrons. The molecule has 1 aromatic heterocycles. The summed E-state index contributed by atoms with van der Waals surface area (Å²) < 4.78 is 0. The molecule has 0 aliphatic heterocycles. The maximum atomic E-state index is 4.44. The van der Waals surface area contributed by atoms with Gasteiger partial charge in [0, 0.05) is 20.1 Å². The Labute approximate surface area is 111 Å². The Morgan fingerprint density at radius 1 is 1.22 bits per heavy atom. The Morgan fingerprint density at radius 3 is 2.50 bits per heavy atom. The average molecular weight is 247 g/mol. The van der Waals surface area contributed by atoms with Crippen LogP contribution in [0.15, 0.2) is 18.3 Å². The summed E-state index contributed by atoms with van der Waals surface area (Å²) in [6.45, 7) is 2.30. The van der Waals surface area contributed by atoms with Gasteiger partial charge in [0.2, 0.25) is 0 Å². The number of anilines is 2. The van der Waals surface area contributed by atoms with E-state index in [1.807, 2.05) is 25.2 Å². The monoisotopic (exact) mass is 247 g/mol. The van der Waals surface area contributed by atoms with Crippen LogP contribution >= 0.6 is 0 Å². The van der Waals surface area contributed by atoms with Crippen LogP contribution in [-0.2, 0) is 0 Å². The zero-order valence-corrected chi connectivity index (χ0v) is 11.8. The predicted molar refractivity (Wildman–Crippen MR) is 78.2 cm³/mol. The minimum Gasteiger partial charge on any atom is -0.381 e. The van der Waals surface area contributed by atoms with Gasteiger partial charge in [0.15, 0.2) is 0 Å². The summed E-state index contributed by atoms with van der Waals surface area (Å²) in [5, 5.41) is 3.60. The lowest BCUT2D eigenvalue weighted by molar-refractivity contribution is 0.328. The van der Waals surface area contributed by atoms with Gasteiger partial charge >= 0.3 is 0 Å². The van der Waals surface area contributed by atoms with Crippen LogP contribution in [0.5, 0.6) is 0 Å². The molecule has 2 rings (SSSR count). The highest BCUT2D eigenvalue weighted by Crippen LogP contribution is 2.28. The molecule has 0 spiro atoms. The fourth-order valence-electron chi connectivity index (χ4n) is 2.75. The highest BCUT2D eigenvalue weighted by atomic mass is 15.1. The van der Waals surface area contributed by atoms with Crippen molar-refractivity contribution in [3.05, 3.63) is 18.3 Å². The van der Waals surface area contributed by atoms with Crippen LogP contribution in [0, 0.1) is 5.92 Å². The molecule has 3 heteroatoms. The van der Waals surface area contributed by atoms with Crippen LogP contribution in [0.2, 0.25) is 0 Å². The van der Waals surface area contributed by atoms with Gasteiger partial charge in [-0.1, -0.05) is 19.3 Å². The van der Waals surface area contributed by atoms with E-state index in [0.29, 0.717) is 6.04 Å². The first-order valence-corrected chi connectivity index (χ1v) is 7.07. The molecule has 1 atom stereocenters. The van der Waals surface area contributed by atoms with E-state index < -0.39 is 0 Å². The molecule has 1 aliphatic carbocycles. The summed E-state index contributed by atoms with van der Waals surface area (Å²) in [6.07, 6.45) is 8.90. The zero-order valence-electron chi connectivity index (χ0n) is 11.8. The lowest BCUT2D eigenvalue weighted by Gasteiger charge is -2.29. The van der Waals surface area contributed by atoms with E-state index in [1.165, 1.54) is 32.1 Å². The van der Waals surface area contributed by atoms with E-state index >= 15 is 0 Å². The molecular weight excluding hydrogens is 222 g/mol. The van der Waals surface area contributed by atoms with Crippen molar-refractivity contribution in [1.82, 2.24) is 4.98 Å². The molecule has 1 unspecified atom stereocenters. The van der Waals surface area contributed by atoms with Crippen molar-refractivity contribution >= 4 is 11.5 Å². The van der Waals surface area contributed by atoms with Crippen LogP contribution in [0.25, 0.3) is 0 Å². The van der Waals surface area contributed by atoms with Gasteiger partial charge in [-0.2, -0.15) is 0 Å². The molecule has 1 aromatic rings. The second-order valence-corrected chi connectivity index (χ2v) is 5.63. The maximum absolute atomic E-state index is 4.44. The maximum Gasteiger partial charge on any atom is 0.128 e. The van der Waals surface area contributed by atoms with Gasteiger partial charge in [-0.15, -0.1) is 0 Å². The number of pyridine rings is 1. The van der Waals surface area contributed by atoms with Crippen LogP contribution in [0.3, 0.4) is 0 Å². The van der Waals surface area contributed by atoms with E-state index in [4.69, 9.17) is 0 Å². The predicted octanol–water partition coefficient (Wildman–Crippen LogP) is 3.53. The summed E-state index contributed by atoms with van der Waals surface area (Å²) >= 11 is 0. The molecule has 18 heavy (non-hydrogen) atoms. The molecule has 0 amide bonds. The van der Waals surface area contributed by atoms with E-state index in [0.717, 1.165) is 17.4 Å². The van der Waals surface area contributed by atoms with Crippen molar-refractivity contribution in [1.29, 1.82) is 0 Å². The summed E-state index contributed by atoms with van der Waals surface area (Å²) in [5.41, 5.74) is 1.14. The van der Waals surface area contributed by atoms with Gasteiger partial charge in [-0.3, -0.25) is 0 Å². The minimum atomic E-state index is 0.553. The molecule has 1 saturated carbocycles. The quantitative estimate of drug-likeness (QED) is 0.882. The highest BCUT2D eigenvalue weighted by molar-refractivity contribution is 5.48. The summed E-state index contributed by atoms with van der Waals surface area (Å²) in [4.78, 5) is 6.46. The Morgan fingerprint density at radius 2 is 1.94 bits per heavy atom. The van der Waals surface area contributed by atoms with E-state index in [-0.39, 0.29) is 0 Å². The van der Waals surface area contributed by atoms with Crippen LogP contribution < -0.4 is 10.2 Å². The summed E-state index contributed by atoms with van der Waals surface area (Å²) in [7, 11) is 4.03. The molecular formula is C15H25N3. The second kappa shape index (κ2) is 6.07. The molecule has 1 heterocycles. The van der Waals surface area contributed by atoms with E-state index in [2.05, 4.69) is 29.4 Å². The van der Waals surface area contributed by atoms with E-state index in [1.54, 1.807) is 0 Å². The summed E-state index contributed by atoms with van der Waals surface area (Å²) in [5.74, 6) is 1.83. The first-order chi connectivity index (χ1) is 8.66. The lowest BCUT2D eigenvalue weighted by atomic mass is 9.84. The van der Waals surface area contributed by atoms with Crippen molar-refractivity contribution < 1.29 is 0 Å². The molecule has 3 nitrogen and oxygen atoms in total. The van der Waals surface area contributed by atoms with Gasteiger partial charge in [-0.05, 0) is 37.8 Å². The Hall–Kier alpha value is -1.25. The third kappa shape index (κ3) is 3.37. The van der Waals surface area contributed by atoms with Gasteiger partial charge in [0.1, 0.15) is 5.82 Å². The molecule has 0 bridgehead atoms. The standard InChI is InChI=1S/C15H25N3/c1-12(13-7-5-4-6-8-13)17-14-9-10-15(16-11-14)18(2)3/h9-13,17H,4-8H2,1-3H3. The topological polar surface area (TPSA) is 28.2 Å². The fraction of sp³-hybridized carbons (Fsp3) is 0.667. The van der Waals surface area contributed by atoms with Gasteiger partial charge in [-0.25, -0.2) is 4.98 Å². The van der Waals surface area contributed by atoms with E-state index in [9.17, 15) is 0 Å².